The van der Waals surface area contributed by atoms with E-state index in [1.165, 1.54) is 26.7 Å². The number of anilines is 1. The minimum atomic E-state index is 0.720. The van der Waals surface area contributed by atoms with E-state index < -0.39 is 0 Å². The molecule has 1 nitrogen and oxygen atoms in total. The fraction of sp³-hybridized carbons (Fsp3) is 0.455. The molecule has 1 aliphatic rings. The number of aryl methyl sites for hydroxylation is 1. The lowest BCUT2D eigenvalue weighted by Crippen LogP contribution is -1.91. The Labute approximate surface area is 93.4 Å². The second-order valence-electron chi connectivity index (χ2n) is 3.89. The third-order valence-corrected chi connectivity index (χ3v) is 5.41. The first-order valence-electron chi connectivity index (χ1n) is 4.79. The molecule has 1 aromatic rings. The van der Waals surface area contributed by atoms with Crippen LogP contribution < -0.4 is 5.73 Å². The molecule has 0 amide bonds. The van der Waals surface area contributed by atoms with Gasteiger partial charge in [-0.15, -0.1) is 23.1 Å². The van der Waals surface area contributed by atoms with E-state index in [-0.39, 0.29) is 0 Å². The van der Waals surface area contributed by atoms with Crippen LogP contribution >= 0.6 is 23.1 Å². The van der Waals surface area contributed by atoms with E-state index in [1.807, 2.05) is 11.8 Å². The van der Waals surface area contributed by atoms with Crippen molar-refractivity contribution in [3.8, 4) is 0 Å². The average Bonchev–Trinajstić information content (AvgIpc) is 2.59. The van der Waals surface area contributed by atoms with E-state index in [9.17, 15) is 0 Å². The van der Waals surface area contributed by atoms with Crippen LogP contribution in [0, 0.1) is 12.8 Å². The molecule has 0 saturated heterocycles. The van der Waals surface area contributed by atoms with Gasteiger partial charge in [-0.1, -0.05) is 12.5 Å². The summed E-state index contributed by atoms with van der Waals surface area (Å²) in [5.41, 5.74) is 8.66. The van der Waals surface area contributed by atoms with Crippen molar-refractivity contribution in [2.45, 2.75) is 20.8 Å². The standard InChI is InChI=1S/C11H15NS2/c1-6-4-9(12)14-10(6)11-8(3)7(2)5-13-11/h4,7H,5,12H2,1-3H3. The highest BCUT2D eigenvalue weighted by Crippen LogP contribution is 2.46. The second-order valence-corrected chi connectivity index (χ2v) is 6.00. The van der Waals surface area contributed by atoms with Gasteiger partial charge in [0.05, 0.1) is 5.00 Å². The molecule has 0 aliphatic carbocycles. The summed E-state index contributed by atoms with van der Waals surface area (Å²) in [6.07, 6.45) is 0. The first kappa shape index (κ1) is 10.1. The van der Waals surface area contributed by atoms with Gasteiger partial charge in [0.1, 0.15) is 0 Å². The number of allylic oxidation sites excluding steroid dienone is 1. The number of hydrogen-bond acceptors (Lipinski definition) is 3. The summed E-state index contributed by atoms with van der Waals surface area (Å²) in [7, 11) is 0. The lowest BCUT2D eigenvalue weighted by molar-refractivity contribution is 0.800. The number of nitrogen functional groups attached to an aromatic ring is 1. The number of rotatable bonds is 1. The van der Waals surface area contributed by atoms with Crippen LogP contribution in [-0.4, -0.2) is 5.75 Å². The third kappa shape index (κ3) is 1.59. The van der Waals surface area contributed by atoms with E-state index in [0.29, 0.717) is 0 Å². The summed E-state index contributed by atoms with van der Waals surface area (Å²) >= 11 is 3.69. The molecule has 1 aromatic heterocycles. The van der Waals surface area contributed by atoms with Crippen LogP contribution in [-0.2, 0) is 0 Å². The Morgan fingerprint density at radius 1 is 1.43 bits per heavy atom. The Balaban J connectivity index is 2.45. The zero-order valence-electron chi connectivity index (χ0n) is 8.76. The maximum Gasteiger partial charge on any atom is 0.0865 e. The van der Waals surface area contributed by atoms with E-state index >= 15 is 0 Å². The summed E-state index contributed by atoms with van der Waals surface area (Å²) in [6, 6.07) is 2.07. The molecule has 14 heavy (non-hydrogen) atoms. The van der Waals surface area contributed by atoms with E-state index in [0.717, 1.165) is 10.9 Å². The fourth-order valence-electron chi connectivity index (χ4n) is 1.65. The van der Waals surface area contributed by atoms with Gasteiger partial charge in [0.2, 0.25) is 0 Å². The lowest BCUT2D eigenvalue weighted by Gasteiger charge is -2.02. The molecule has 0 bridgehead atoms. The Bertz CT molecular complexity index is 390. The van der Waals surface area contributed by atoms with Gasteiger partial charge in [-0.25, -0.2) is 0 Å². The summed E-state index contributed by atoms with van der Waals surface area (Å²) in [6.45, 7) is 6.68. The summed E-state index contributed by atoms with van der Waals surface area (Å²) in [5.74, 6) is 1.94. The van der Waals surface area contributed by atoms with Crippen LogP contribution in [0.5, 0.6) is 0 Å². The molecule has 2 rings (SSSR count). The van der Waals surface area contributed by atoms with Crippen molar-refractivity contribution in [1.82, 2.24) is 0 Å². The SMILES string of the molecule is CC1=C(c2sc(N)cc2C)SCC1C. The highest BCUT2D eigenvalue weighted by atomic mass is 32.2. The van der Waals surface area contributed by atoms with E-state index in [1.54, 1.807) is 11.3 Å². The van der Waals surface area contributed by atoms with E-state index in [2.05, 4.69) is 26.8 Å². The number of thiophene rings is 1. The van der Waals surface area contributed by atoms with Crippen molar-refractivity contribution in [1.29, 1.82) is 0 Å². The maximum atomic E-state index is 5.81. The van der Waals surface area contributed by atoms with Gasteiger partial charge >= 0.3 is 0 Å². The molecule has 0 fully saturated rings. The molecule has 0 saturated carbocycles. The van der Waals surface area contributed by atoms with Crippen molar-refractivity contribution in [3.63, 3.8) is 0 Å². The van der Waals surface area contributed by atoms with Crippen molar-refractivity contribution < 1.29 is 0 Å². The minimum absolute atomic E-state index is 0.720. The van der Waals surface area contributed by atoms with Crippen LogP contribution in [0.1, 0.15) is 24.3 Å². The van der Waals surface area contributed by atoms with Gasteiger partial charge in [-0.2, -0.15) is 0 Å². The highest BCUT2D eigenvalue weighted by Gasteiger charge is 2.22. The van der Waals surface area contributed by atoms with Crippen LogP contribution in [0.3, 0.4) is 0 Å². The van der Waals surface area contributed by atoms with Gasteiger partial charge in [-0.05, 0) is 31.4 Å². The average molecular weight is 225 g/mol. The zero-order chi connectivity index (χ0) is 10.3. The summed E-state index contributed by atoms with van der Waals surface area (Å²) < 4.78 is 0. The van der Waals surface area contributed by atoms with Crippen LogP contribution in [0.2, 0.25) is 0 Å². The van der Waals surface area contributed by atoms with Crippen LogP contribution in [0.25, 0.3) is 4.91 Å². The van der Waals surface area contributed by atoms with E-state index in [4.69, 9.17) is 5.73 Å². The van der Waals surface area contributed by atoms with Gasteiger partial charge in [0, 0.05) is 15.5 Å². The normalized spacial score (nSPS) is 22.1. The zero-order valence-corrected chi connectivity index (χ0v) is 10.4. The smallest absolute Gasteiger partial charge is 0.0865 e. The quantitative estimate of drug-likeness (QED) is 0.787. The Morgan fingerprint density at radius 2 is 2.14 bits per heavy atom. The predicted octanol–water partition coefficient (Wildman–Crippen LogP) is 3.75. The van der Waals surface area contributed by atoms with Gasteiger partial charge < -0.3 is 5.73 Å². The second kappa shape index (κ2) is 3.63. The largest absolute Gasteiger partial charge is 0.391 e. The Hall–Kier alpha value is -0.410. The molecule has 0 aromatic carbocycles. The van der Waals surface area contributed by atoms with Gasteiger partial charge in [-0.3, -0.25) is 0 Å². The van der Waals surface area contributed by atoms with Gasteiger partial charge in [0.25, 0.3) is 0 Å². The van der Waals surface area contributed by atoms with Crippen LogP contribution in [0.4, 0.5) is 5.00 Å². The minimum Gasteiger partial charge on any atom is -0.391 e. The molecular weight excluding hydrogens is 210 g/mol. The molecule has 2 N–H and O–H groups in total. The van der Waals surface area contributed by atoms with Crippen molar-refractivity contribution >= 4 is 33.0 Å². The number of nitrogens with two attached hydrogens (primary N) is 1. The number of hydrogen-bond donors (Lipinski definition) is 1. The highest BCUT2D eigenvalue weighted by molar-refractivity contribution is 8.08. The summed E-state index contributed by atoms with van der Waals surface area (Å²) in [5, 5.41) is 0.929. The topological polar surface area (TPSA) is 26.0 Å². The lowest BCUT2D eigenvalue weighted by atomic mass is 10.0. The molecule has 76 valence electrons. The van der Waals surface area contributed by atoms with Crippen LogP contribution in [0.15, 0.2) is 11.6 Å². The van der Waals surface area contributed by atoms with Crippen molar-refractivity contribution in [3.05, 3.63) is 22.1 Å². The molecule has 2 heterocycles. The summed E-state index contributed by atoms with van der Waals surface area (Å²) in [4.78, 5) is 2.85. The molecule has 3 heteroatoms. The molecule has 1 atom stereocenters. The molecule has 1 aliphatic heterocycles. The molecule has 0 spiro atoms. The number of thioether (sulfide) groups is 1. The molecule has 0 radical (unpaired) electrons. The monoisotopic (exact) mass is 225 g/mol. The Morgan fingerprint density at radius 3 is 2.57 bits per heavy atom. The molecular formula is C11H15NS2. The maximum absolute atomic E-state index is 5.81. The first-order chi connectivity index (χ1) is 6.59. The predicted molar refractivity (Wildman–Crippen MR) is 67.7 cm³/mol. The van der Waals surface area contributed by atoms with Crippen molar-refractivity contribution in [2.24, 2.45) is 5.92 Å². The van der Waals surface area contributed by atoms with Gasteiger partial charge in [0.15, 0.2) is 0 Å². The van der Waals surface area contributed by atoms with Crippen molar-refractivity contribution in [2.75, 3.05) is 11.5 Å². The molecule has 1 unspecified atom stereocenters. The first-order valence-corrected chi connectivity index (χ1v) is 6.59. The Kier molecular flexibility index (Phi) is 2.62. The fourth-order valence-corrected chi connectivity index (χ4v) is 4.28. The third-order valence-electron chi connectivity index (χ3n) is 2.72.